The molecular weight excluding hydrogens is 558 g/mol. The Hall–Kier alpha value is -1.14. The molecule has 2 amide bonds. The first kappa shape index (κ1) is 43.9. The summed E-state index contributed by atoms with van der Waals surface area (Å²) in [6.07, 6.45) is 35.3. The van der Waals surface area contributed by atoms with Crippen molar-refractivity contribution in [2.75, 3.05) is 46.4 Å². The van der Waals surface area contributed by atoms with Gasteiger partial charge in [-0.15, -0.1) is 0 Å². The van der Waals surface area contributed by atoms with Crippen molar-refractivity contribution in [3.63, 3.8) is 0 Å². The van der Waals surface area contributed by atoms with Crippen LogP contribution < -0.4 is 10.6 Å². The van der Waals surface area contributed by atoms with Crippen molar-refractivity contribution >= 4 is 11.8 Å². The van der Waals surface area contributed by atoms with Gasteiger partial charge in [-0.1, -0.05) is 168 Å². The summed E-state index contributed by atoms with van der Waals surface area (Å²) < 4.78 is 0.647. The maximum atomic E-state index is 12.3. The van der Waals surface area contributed by atoms with E-state index in [0.717, 1.165) is 38.8 Å². The molecule has 0 aromatic carbocycles. The highest BCUT2D eigenvalue weighted by molar-refractivity contribution is 5.76. The molecule has 0 rings (SSSR count). The topological polar surface area (TPSA) is 78.4 Å². The van der Waals surface area contributed by atoms with E-state index in [1.807, 2.05) is 0 Å². The zero-order valence-corrected chi connectivity index (χ0v) is 30.8. The maximum absolute atomic E-state index is 12.3. The number of amides is 2. The zero-order chi connectivity index (χ0) is 33.1. The van der Waals surface area contributed by atoms with E-state index in [1.165, 1.54) is 141 Å². The fourth-order valence-electron chi connectivity index (χ4n) is 6.29. The molecule has 0 bridgehead atoms. The predicted molar refractivity (Wildman–Crippen MR) is 195 cm³/mol. The van der Waals surface area contributed by atoms with Gasteiger partial charge in [-0.05, 0) is 12.8 Å². The van der Waals surface area contributed by atoms with Gasteiger partial charge in [0.15, 0.2) is 0 Å². The number of carbonyl (C=O) groups is 2. The second kappa shape index (κ2) is 34.2. The van der Waals surface area contributed by atoms with Crippen LogP contribution in [0.25, 0.3) is 0 Å². The lowest BCUT2D eigenvalue weighted by atomic mass is 10.0. The van der Waals surface area contributed by atoms with Gasteiger partial charge in [-0.2, -0.15) is 0 Å². The molecule has 0 aromatic heterocycles. The van der Waals surface area contributed by atoms with Gasteiger partial charge in [0.2, 0.25) is 11.8 Å². The molecule has 0 unspecified atom stereocenters. The normalized spacial score (nSPS) is 11.6. The lowest BCUT2D eigenvalue weighted by molar-refractivity contribution is -0.907. The van der Waals surface area contributed by atoms with Crippen molar-refractivity contribution < 1.29 is 19.2 Å². The molecule has 6 heteroatoms. The lowest BCUT2D eigenvalue weighted by Gasteiger charge is -2.34. The van der Waals surface area contributed by atoms with Gasteiger partial charge in [0.1, 0.15) is 6.54 Å². The van der Waals surface area contributed by atoms with Crippen LogP contribution in [0.2, 0.25) is 0 Å². The van der Waals surface area contributed by atoms with E-state index in [0.29, 0.717) is 37.0 Å². The van der Waals surface area contributed by atoms with Gasteiger partial charge < -0.3 is 20.2 Å². The minimum Gasteiger partial charge on any atom is -0.391 e. The summed E-state index contributed by atoms with van der Waals surface area (Å²) in [5, 5.41) is 15.8. The third-order valence-corrected chi connectivity index (χ3v) is 9.60. The monoisotopic (exact) mass is 639 g/mol. The number of aliphatic hydroxyl groups is 1. The van der Waals surface area contributed by atoms with Crippen LogP contribution in [-0.2, 0) is 9.59 Å². The molecule has 6 nitrogen and oxygen atoms in total. The summed E-state index contributed by atoms with van der Waals surface area (Å²) in [5.74, 6) is 0.277. The Balaban J connectivity index is 3.72. The number of aliphatic hydroxyl groups excluding tert-OH is 1. The first-order valence-corrected chi connectivity index (χ1v) is 19.9. The molecular formula is C39H80N3O3+. The highest BCUT2D eigenvalue weighted by Crippen LogP contribution is 2.14. The number of nitrogens with zero attached hydrogens (tertiary/aromatic N) is 1. The maximum Gasteiger partial charge on any atom is 0.220 e. The third kappa shape index (κ3) is 32.6. The number of hydrogen-bond donors (Lipinski definition) is 3. The molecule has 0 aliphatic heterocycles. The van der Waals surface area contributed by atoms with E-state index in [2.05, 4.69) is 31.5 Å². The summed E-state index contributed by atoms with van der Waals surface area (Å²) >= 11 is 0. The fraction of sp³-hybridized carbons (Fsp3) is 0.949. The van der Waals surface area contributed by atoms with Crippen molar-refractivity contribution in [3.05, 3.63) is 0 Å². The minimum absolute atomic E-state index is 0.107. The van der Waals surface area contributed by atoms with Gasteiger partial charge >= 0.3 is 0 Å². The summed E-state index contributed by atoms with van der Waals surface area (Å²) in [6, 6.07) is 0. The molecule has 0 aliphatic rings. The molecule has 0 spiro atoms. The minimum atomic E-state index is 0.107. The van der Waals surface area contributed by atoms with Gasteiger partial charge in [0.05, 0.1) is 39.8 Å². The second-order valence-corrected chi connectivity index (χ2v) is 14.2. The first-order valence-electron chi connectivity index (χ1n) is 19.9. The highest BCUT2D eigenvalue weighted by Gasteiger charge is 2.21. The first-order chi connectivity index (χ1) is 22.0. The Morgan fingerprint density at radius 3 is 0.978 bits per heavy atom. The van der Waals surface area contributed by atoms with Crippen molar-refractivity contribution in [1.29, 1.82) is 0 Å². The molecule has 3 N–H and O–H groups in total. The molecule has 0 atom stereocenters. The SMILES string of the molecule is CCCCCCCCCCCCCCCC(=O)NCC[N+](C)(CCO)CCNC(=O)CCCCCCCCCCCCCCC. The average molecular weight is 639 g/mol. The van der Waals surface area contributed by atoms with Crippen LogP contribution in [0, 0.1) is 0 Å². The summed E-state index contributed by atoms with van der Waals surface area (Å²) in [4.78, 5) is 24.7. The van der Waals surface area contributed by atoms with Crippen LogP contribution in [0.4, 0.5) is 0 Å². The van der Waals surface area contributed by atoms with Crippen molar-refractivity contribution in [3.8, 4) is 0 Å². The van der Waals surface area contributed by atoms with Gasteiger partial charge in [0, 0.05) is 12.8 Å². The van der Waals surface area contributed by atoms with Crippen LogP contribution >= 0.6 is 0 Å². The van der Waals surface area contributed by atoms with Crippen LogP contribution in [0.15, 0.2) is 0 Å². The zero-order valence-electron chi connectivity index (χ0n) is 30.8. The fourth-order valence-corrected chi connectivity index (χ4v) is 6.29. The van der Waals surface area contributed by atoms with Crippen molar-refractivity contribution in [2.45, 2.75) is 194 Å². The van der Waals surface area contributed by atoms with E-state index in [4.69, 9.17) is 0 Å². The molecule has 0 saturated heterocycles. The number of quaternary nitrogens is 1. The van der Waals surface area contributed by atoms with Gasteiger partial charge in [-0.25, -0.2) is 0 Å². The average Bonchev–Trinajstić information content (AvgIpc) is 3.02. The Labute approximate surface area is 281 Å². The number of unbranched alkanes of at least 4 members (excludes halogenated alkanes) is 24. The molecule has 0 aliphatic carbocycles. The van der Waals surface area contributed by atoms with Crippen molar-refractivity contribution in [1.82, 2.24) is 10.6 Å². The molecule has 0 saturated carbocycles. The Morgan fingerprint density at radius 2 is 0.711 bits per heavy atom. The van der Waals surface area contributed by atoms with E-state index in [1.54, 1.807) is 0 Å². The van der Waals surface area contributed by atoms with Crippen LogP contribution in [0.5, 0.6) is 0 Å². The van der Waals surface area contributed by atoms with Gasteiger partial charge in [-0.3, -0.25) is 9.59 Å². The van der Waals surface area contributed by atoms with E-state index >= 15 is 0 Å². The number of nitrogens with one attached hydrogen (secondary N) is 2. The number of carbonyl (C=O) groups excluding carboxylic acids is 2. The quantitative estimate of drug-likeness (QED) is 0.0472. The number of hydrogen-bond acceptors (Lipinski definition) is 3. The molecule has 0 aromatic rings. The van der Waals surface area contributed by atoms with E-state index in [-0.39, 0.29) is 18.4 Å². The van der Waals surface area contributed by atoms with E-state index in [9.17, 15) is 14.7 Å². The summed E-state index contributed by atoms with van der Waals surface area (Å²) in [6.45, 7) is 8.03. The van der Waals surface area contributed by atoms with Crippen LogP contribution in [0.3, 0.4) is 0 Å². The Kier molecular flexibility index (Phi) is 33.3. The summed E-state index contributed by atoms with van der Waals surface area (Å²) in [7, 11) is 2.10. The molecule has 0 radical (unpaired) electrons. The number of rotatable bonds is 36. The highest BCUT2D eigenvalue weighted by atomic mass is 16.3. The molecule has 45 heavy (non-hydrogen) atoms. The predicted octanol–water partition coefficient (Wildman–Crippen LogP) is 9.62. The smallest absolute Gasteiger partial charge is 0.220 e. The Morgan fingerprint density at radius 1 is 0.444 bits per heavy atom. The van der Waals surface area contributed by atoms with E-state index < -0.39 is 0 Å². The Bertz CT molecular complexity index is 595. The van der Waals surface area contributed by atoms with Crippen LogP contribution in [0.1, 0.15) is 194 Å². The standard InChI is InChI=1S/C39H79N3O3/c1-4-6-8-10-12-14-16-18-20-22-24-26-28-30-38(44)40-32-34-42(3,36-37-43)35-33-41-39(45)31-29-27-25-23-21-19-17-15-13-11-9-7-5-2/h43H,4-37H2,1-3H3,(H-,40,41,44,45)/p+1. The number of likely N-dealkylation sites (N-methyl/N-ethyl adjacent to an activating group) is 1. The largest absolute Gasteiger partial charge is 0.391 e. The second-order valence-electron chi connectivity index (χ2n) is 14.2. The molecule has 0 fully saturated rings. The lowest BCUT2D eigenvalue weighted by Crippen LogP contribution is -2.53. The molecule has 268 valence electrons. The van der Waals surface area contributed by atoms with Crippen molar-refractivity contribution in [2.24, 2.45) is 0 Å². The third-order valence-electron chi connectivity index (χ3n) is 9.60. The summed E-state index contributed by atoms with van der Waals surface area (Å²) in [5.41, 5.74) is 0. The van der Waals surface area contributed by atoms with Gasteiger partial charge in [0.25, 0.3) is 0 Å². The molecule has 0 heterocycles. The van der Waals surface area contributed by atoms with Crippen LogP contribution in [-0.4, -0.2) is 67.8 Å².